The Kier molecular flexibility index (Phi) is 4.90. The molecule has 2 aromatic rings. The molecule has 1 aromatic carbocycles. The number of halogens is 1. The average molecular weight is 347 g/mol. The predicted octanol–water partition coefficient (Wildman–Crippen LogP) is 3.63. The van der Waals surface area contributed by atoms with E-state index in [1.165, 1.54) is 6.20 Å². The van der Waals surface area contributed by atoms with E-state index < -0.39 is 0 Å². The van der Waals surface area contributed by atoms with E-state index in [-0.39, 0.29) is 17.9 Å². The first-order valence-corrected chi connectivity index (χ1v) is 8.24. The second-order valence-electron chi connectivity index (χ2n) is 5.97. The Bertz CT molecular complexity index is 749. The molecule has 1 unspecified atom stereocenters. The van der Waals surface area contributed by atoms with Crippen molar-refractivity contribution in [2.45, 2.75) is 19.9 Å². The summed E-state index contributed by atoms with van der Waals surface area (Å²) in [6.07, 6.45) is 1.52. The predicted molar refractivity (Wildman–Crippen MR) is 91.7 cm³/mol. The van der Waals surface area contributed by atoms with Gasteiger partial charge in [-0.25, -0.2) is 4.98 Å². The van der Waals surface area contributed by atoms with Crippen LogP contribution in [0.15, 0.2) is 36.5 Å². The van der Waals surface area contributed by atoms with E-state index in [2.05, 4.69) is 24.1 Å². The fraction of sp³-hybridized carbons (Fsp3) is 0.333. The number of benzene rings is 1. The third-order valence-corrected chi connectivity index (χ3v) is 4.07. The lowest BCUT2D eigenvalue weighted by molar-refractivity contribution is 0.0925. The van der Waals surface area contributed by atoms with Crippen LogP contribution >= 0.6 is 11.6 Å². The minimum Gasteiger partial charge on any atom is -0.486 e. The monoisotopic (exact) mass is 346 g/mol. The highest BCUT2D eigenvalue weighted by Crippen LogP contribution is 2.34. The third-order valence-electron chi connectivity index (χ3n) is 3.87. The Balaban J connectivity index is 1.83. The molecule has 1 amide bonds. The quantitative estimate of drug-likeness (QED) is 0.859. The Hall–Kier alpha value is -2.27. The summed E-state index contributed by atoms with van der Waals surface area (Å²) in [6.45, 7) is 5.20. The van der Waals surface area contributed by atoms with Gasteiger partial charge < -0.3 is 14.8 Å². The Morgan fingerprint density at radius 1 is 1.17 bits per heavy atom. The van der Waals surface area contributed by atoms with Crippen molar-refractivity contribution in [3.05, 3.63) is 52.8 Å². The van der Waals surface area contributed by atoms with Crippen molar-refractivity contribution < 1.29 is 14.3 Å². The van der Waals surface area contributed by atoms with Crippen LogP contribution in [0.4, 0.5) is 0 Å². The molecule has 6 heteroatoms. The fourth-order valence-electron chi connectivity index (χ4n) is 2.66. The number of ether oxygens (including phenoxy) is 2. The van der Waals surface area contributed by atoms with Crippen molar-refractivity contribution in [1.82, 2.24) is 10.3 Å². The molecule has 24 heavy (non-hydrogen) atoms. The summed E-state index contributed by atoms with van der Waals surface area (Å²) in [5.74, 6) is 1.46. The van der Waals surface area contributed by atoms with Gasteiger partial charge in [0, 0.05) is 11.8 Å². The van der Waals surface area contributed by atoms with Gasteiger partial charge in [0.1, 0.15) is 18.4 Å². The van der Waals surface area contributed by atoms with E-state index in [1.807, 2.05) is 18.2 Å². The second kappa shape index (κ2) is 7.09. The molecule has 2 heterocycles. The van der Waals surface area contributed by atoms with Gasteiger partial charge in [-0.1, -0.05) is 31.5 Å². The minimum atomic E-state index is -0.187. The van der Waals surface area contributed by atoms with Crippen molar-refractivity contribution in [2.75, 3.05) is 13.2 Å². The molecular formula is C18H19ClN2O3. The van der Waals surface area contributed by atoms with Crippen molar-refractivity contribution in [1.29, 1.82) is 0 Å². The van der Waals surface area contributed by atoms with Crippen LogP contribution in [0.1, 0.15) is 35.8 Å². The molecule has 1 atom stereocenters. The number of nitrogens with one attached hydrogen (secondary N) is 1. The van der Waals surface area contributed by atoms with Crippen LogP contribution in [0.2, 0.25) is 5.15 Å². The van der Waals surface area contributed by atoms with E-state index in [0.717, 1.165) is 11.3 Å². The molecule has 0 spiro atoms. The highest BCUT2D eigenvalue weighted by Gasteiger charge is 2.22. The average Bonchev–Trinajstić information content (AvgIpc) is 2.58. The second-order valence-corrected chi connectivity index (χ2v) is 6.35. The highest BCUT2D eigenvalue weighted by molar-refractivity contribution is 6.29. The van der Waals surface area contributed by atoms with Gasteiger partial charge in [-0.3, -0.25) is 4.79 Å². The molecule has 1 aromatic heterocycles. The number of hydrogen-bond acceptors (Lipinski definition) is 4. The smallest absolute Gasteiger partial charge is 0.251 e. The summed E-state index contributed by atoms with van der Waals surface area (Å²) in [5.41, 5.74) is 1.46. The fourth-order valence-corrected chi connectivity index (χ4v) is 2.83. The maximum atomic E-state index is 12.5. The topological polar surface area (TPSA) is 60.5 Å². The first-order chi connectivity index (χ1) is 11.5. The van der Waals surface area contributed by atoms with Gasteiger partial charge in [0.05, 0.1) is 6.04 Å². The van der Waals surface area contributed by atoms with Crippen molar-refractivity contribution in [3.8, 4) is 11.5 Å². The number of amides is 1. The molecule has 0 radical (unpaired) electrons. The molecule has 0 aliphatic carbocycles. The van der Waals surface area contributed by atoms with Gasteiger partial charge in [0.15, 0.2) is 11.5 Å². The standard InChI is InChI=1S/C18H19ClN2O3/c1-11(2)17(21-18(22)13-5-6-20-16(19)10-13)12-3-4-14-15(9-12)24-8-7-23-14/h3-6,9-11,17H,7-8H2,1-2H3,(H,21,22). The maximum Gasteiger partial charge on any atom is 0.251 e. The molecule has 1 N–H and O–H groups in total. The van der Waals surface area contributed by atoms with Gasteiger partial charge in [-0.15, -0.1) is 0 Å². The van der Waals surface area contributed by atoms with Crippen LogP contribution in [-0.2, 0) is 0 Å². The normalized spacial score (nSPS) is 14.3. The number of carbonyl (C=O) groups excluding carboxylic acids is 1. The maximum absolute atomic E-state index is 12.5. The summed E-state index contributed by atoms with van der Waals surface area (Å²) in [4.78, 5) is 16.4. The van der Waals surface area contributed by atoms with Crippen LogP contribution in [0.25, 0.3) is 0 Å². The largest absolute Gasteiger partial charge is 0.486 e. The van der Waals surface area contributed by atoms with Crippen molar-refractivity contribution >= 4 is 17.5 Å². The molecule has 0 saturated carbocycles. The summed E-state index contributed by atoms with van der Waals surface area (Å²) in [6, 6.07) is 8.81. The lowest BCUT2D eigenvalue weighted by atomic mass is 9.95. The lowest BCUT2D eigenvalue weighted by Gasteiger charge is -2.25. The van der Waals surface area contributed by atoms with Gasteiger partial charge in [0.2, 0.25) is 0 Å². The lowest BCUT2D eigenvalue weighted by Crippen LogP contribution is -2.32. The van der Waals surface area contributed by atoms with Crippen molar-refractivity contribution in [2.24, 2.45) is 5.92 Å². The van der Waals surface area contributed by atoms with E-state index >= 15 is 0 Å². The molecule has 1 aliphatic heterocycles. The van der Waals surface area contributed by atoms with Gasteiger partial charge in [-0.2, -0.15) is 0 Å². The van der Waals surface area contributed by atoms with Gasteiger partial charge in [0.25, 0.3) is 5.91 Å². The molecule has 0 saturated heterocycles. The first-order valence-electron chi connectivity index (χ1n) is 7.86. The summed E-state index contributed by atoms with van der Waals surface area (Å²) >= 11 is 5.86. The van der Waals surface area contributed by atoms with E-state index in [0.29, 0.717) is 29.7 Å². The molecular weight excluding hydrogens is 328 g/mol. The SMILES string of the molecule is CC(C)C(NC(=O)c1ccnc(Cl)c1)c1ccc2c(c1)OCCO2. The number of carbonyl (C=O) groups is 1. The number of pyridine rings is 1. The molecule has 0 fully saturated rings. The molecule has 3 rings (SSSR count). The third kappa shape index (κ3) is 3.62. The van der Waals surface area contributed by atoms with Gasteiger partial charge in [-0.05, 0) is 35.7 Å². The number of rotatable bonds is 4. The van der Waals surface area contributed by atoms with Crippen LogP contribution in [0.3, 0.4) is 0 Å². The Labute approximate surface area is 145 Å². The molecule has 1 aliphatic rings. The zero-order chi connectivity index (χ0) is 17.1. The highest BCUT2D eigenvalue weighted by atomic mass is 35.5. The van der Waals surface area contributed by atoms with Crippen LogP contribution in [0, 0.1) is 5.92 Å². The van der Waals surface area contributed by atoms with Gasteiger partial charge >= 0.3 is 0 Å². The minimum absolute atomic E-state index is 0.153. The van der Waals surface area contributed by atoms with E-state index in [4.69, 9.17) is 21.1 Å². The Morgan fingerprint density at radius 3 is 2.62 bits per heavy atom. The number of hydrogen-bond donors (Lipinski definition) is 1. The van der Waals surface area contributed by atoms with E-state index in [1.54, 1.807) is 12.1 Å². The number of nitrogens with zero attached hydrogens (tertiary/aromatic N) is 1. The first kappa shape index (κ1) is 16.6. The summed E-state index contributed by atoms with van der Waals surface area (Å²) in [7, 11) is 0. The van der Waals surface area contributed by atoms with Crippen LogP contribution in [0.5, 0.6) is 11.5 Å². The van der Waals surface area contributed by atoms with Crippen LogP contribution in [-0.4, -0.2) is 24.1 Å². The summed E-state index contributed by atoms with van der Waals surface area (Å²) in [5, 5.41) is 3.36. The van der Waals surface area contributed by atoms with Crippen molar-refractivity contribution in [3.63, 3.8) is 0 Å². The number of fused-ring (bicyclic) bond motifs is 1. The Morgan fingerprint density at radius 2 is 1.92 bits per heavy atom. The number of aromatic nitrogens is 1. The molecule has 0 bridgehead atoms. The molecule has 126 valence electrons. The van der Waals surface area contributed by atoms with E-state index in [9.17, 15) is 4.79 Å². The zero-order valence-electron chi connectivity index (χ0n) is 13.6. The molecule has 5 nitrogen and oxygen atoms in total. The zero-order valence-corrected chi connectivity index (χ0v) is 14.3. The van der Waals surface area contributed by atoms with Crippen LogP contribution < -0.4 is 14.8 Å². The summed E-state index contributed by atoms with van der Waals surface area (Å²) < 4.78 is 11.2.